The average Bonchev–Trinajstić information content (AvgIpc) is 3.46. The van der Waals surface area contributed by atoms with E-state index in [1.54, 1.807) is 14.2 Å². The Balaban J connectivity index is 1.47. The number of benzene rings is 2. The van der Waals surface area contributed by atoms with Crippen LogP contribution in [0.15, 0.2) is 36.4 Å². The zero-order valence-electron chi connectivity index (χ0n) is 18.6. The molecule has 0 aliphatic carbocycles. The summed E-state index contributed by atoms with van der Waals surface area (Å²) in [6, 6.07) is 11.6. The molecule has 1 fully saturated rings. The van der Waals surface area contributed by atoms with E-state index in [1.807, 2.05) is 41.3 Å². The summed E-state index contributed by atoms with van der Waals surface area (Å²) in [5.41, 5.74) is 1.62. The number of likely N-dealkylation sites (tertiary alicyclic amines) is 1. The minimum Gasteiger partial charge on any atom is -0.497 e. The highest BCUT2D eigenvalue weighted by atomic mass is 16.7. The number of methoxy groups -OCH3 is 2. The molecule has 7 nitrogen and oxygen atoms in total. The molecular formula is C24H30N2O5. The van der Waals surface area contributed by atoms with Crippen molar-refractivity contribution in [1.29, 1.82) is 0 Å². The first kappa shape index (κ1) is 21.3. The van der Waals surface area contributed by atoms with Crippen molar-refractivity contribution in [3.05, 3.63) is 47.5 Å². The van der Waals surface area contributed by atoms with Gasteiger partial charge in [0.05, 0.1) is 26.8 Å². The average molecular weight is 427 g/mol. The second-order valence-corrected chi connectivity index (χ2v) is 8.40. The van der Waals surface area contributed by atoms with Crippen molar-refractivity contribution in [2.24, 2.45) is 0 Å². The van der Waals surface area contributed by atoms with Gasteiger partial charge in [0.2, 0.25) is 12.7 Å². The van der Waals surface area contributed by atoms with Crippen molar-refractivity contribution in [2.75, 3.05) is 34.1 Å². The standard InChI is InChI=1S/C24H30N2O5/c1-24(2,16-7-9-21-22(12-16)31-15-30-21)25-14-23(27)26-11-5-6-19(26)18-13-17(28-3)8-10-20(18)29-4/h7-10,12-13,19,25H,5-6,11,14-15H2,1-4H3. The zero-order valence-corrected chi connectivity index (χ0v) is 18.6. The summed E-state index contributed by atoms with van der Waals surface area (Å²) in [7, 11) is 3.30. The number of nitrogens with zero attached hydrogens (tertiary/aromatic N) is 1. The maximum atomic E-state index is 13.2. The van der Waals surface area contributed by atoms with Crippen molar-refractivity contribution >= 4 is 5.91 Å². The van der Waals surface area contributed by atoms with Gasteiger partial charge in [0.1, 0.15) is 11.5 Å². The quantitative estimate of drug-likeness (QED) is 0.729. The lowest BCUT2D eigenvalue weighted by Gasteiger charge is -2.30. The Labute approximate surface area is 183 Å². The largest absolute Gasteiger partial charge is 0.497 e. The van der Waals surface area contributed by atoms with Crippen LogP contribution in [0.3, 0.4) is 0 Å². The lowest BCUT2D eigenvalue weighted by Crippen LogP contribution is -2.44. The summed E-state index contributed by atoms with van der Waals surface area (Å²) >= 11 is 0. The number of carbonyl (C=O) groups excluding carboxylic acids is 1. The SMILES string of the molecule is COc1ccc(OC)c(C2CCCN2C(=O)CNC(C)(C)c2ccc3c(c2)OCO3)c1. The molecule has 1 atom stereocenters. The summed E-state index contributed by atoms with van der Waals surface area (Å²) in [4.78, 5) is 15.1. The topological polar surface area (TPSA) is 69.3 Å². The molecule has 0 spiro atoms. The first-order valence-electron chi connectivity index (χ1n) is 10.6. The fraction of sp³-hybridized carbons (Fsp3) is 0.458. The Hall–Kier alpha value is -2.93. The highest BCUT2D eigenvalue weighted by Gasteiger charge is 2.33. The summed E-state index contributed by atoms with van der Waals surface area (Å²) in [6.07, 6.45) is 1.86. The van der Waals surface area contributed by atoms with Crippen LogP contribution in [-0.4, -0.2) is 44.9 Å². The molecule has 2 aliphatic heterocycles. The van der Waals surface area contributed by atoms with Crippen LogP contribution < -0.4 is 24.3 Å². The zero-order chi connectivity index (χ0) is 22.0. The predicted molar refractivity (Wildman–Crippen MR) is 117 cm³/mol. The molecule has 1 N–H and O–H groups in total. The van der Waals surface area contributed by atoms with Gasteiger partial charge in [-0.3, -0.25) is 10.1 Å². The smallest absolute Gasteiger partial charge is 0.237 e. The van der Waals surface area contributed by atoms with Crippen molar-refractivity contribution in [3.63, 3.8) is 0 Å². The highest BCUT2D eigenvalue weighted by Crippen LogP contribution is 2.39. The van der Waals surface area contributed by atoms with E-state index >= 15 is 0 Å². The number of rotatable bonds is 7. The number of hydrogen-bond donors (Lipinski definition) is 1. The fourth-order valence-electron chi connectivity index (χ4n) is 4.27. The molecule has 7 heteroatoms. The van der Waals surface area contributed by atoms with Crippen molar-refractivity contribution in [2.45, 2.75) is 38.3 Å². The lowest BCUT2D eigenvalue weighted by molar-refractivity contribution is -0.131. The third-order valence-electron chi connectivity index (χ3n) is 6.14. The normalized spacial score (nSPS) is 17.7. The van der Waals surface area contributed by atoms with E-state index in [-0.39, 0.29) is 25.3 Å². The van der Waals surface area contributed by atoms with Crippen molar-refractivity contribution in [3.8, 4) is 23.0 Å². The summed E-state index contributed by atoms with van der Waals surface area (Å²) in [5, 5.41) is 3.42. The number of ether oxygens (including phenoxy) is 4. The first-order valence-corrected chi connectivity index (χ1v) is 10.6. The molecule has 0 saturated carbocycles. The minimum absolute atomic E-state index is 0.0204. The van der Waals surface area contributed by atoms with Gasteiger partial charge in [-0.05, 0) is 62.6 Å². The summed E-state index contributed by atoms with van der Waals surface area (Å²) in [6.45, 7) is 5.34. The van der Waals surface area contributed by atoms with Crippen LogP contribution in [-0.2, 0) is 10.3 Å². The molecule has 2 aliphatic rings. The molecule has 2 aromatic carbocycles. The van der Waals surface area contributed by atoms with Crippen LogP contribution >= 0.6 is 0 Å². The molecular weight excluding hydrogens is 396 g/mol. The van der Waals surface area contributed by atoms with Gasteiger partial charge < -0.3 is 23.8 Å². The number of fused-ring (bicyclic) bond motifs is 1. The molecule has 1 saturated heterocycles. The predicted octanol–water partition coefficient (Wildman–Crippen LogP) is 3.62. The van der Waals surface area contributed by atoms with E-state index in [2.05, 4.69) is 19.2 Å². The van der Waals surface area contributed by atoms with E-state index in [0.29, 0.717) is 0 Å². The fourth-order valence-corrected chi connectivity index (χ4v) is 4.27. The molecule has 2 aromatic rings. The van der Waals surface area contributed by atoms with Gasteiger partial charge in [0.15, 0.2) is 11.5 Å². The molecule has 1 amide bonds. The summed E-state index contributed by atoms with van der Waals surface area (Å²) in [5.74, 6) is 3.10. The van der Waals surface area contributed by atoms with E-state index in [4.69, 9.17) is 18.9 Å². The molecule has 31 heavy (non-hydrogen) atoms. The molecule has 0 aromatic heterocycles. The molecule has 2 heterocycles. The van der Waals surface area contributed by atoms with Gasteiger partial charge in [-0.2, -0.15) is 0 Å². The second-order valence-electron chi connectivity index (χ2n) is 8.40. The minimum atomic E-state index is -0.403. The molecule has 4 rings (SSSR count). The van der Waals surface area contributed by atoms with Crippen LogP contribution in [0, 0.1) is 0 Å². The monoisotopic (exact) mass is 426 g/mol. The third-order valence-corrected chi connectivity index (χ3v) is 6.14. The highest BCUT2D eigenvalue weighted by molar-refractivity contribution is 5.79. The molecule has 1 unspecified atom stereocenters. The van der Waals surface area contributed by atoms with Gasteiger partial charge in [-0.15, -0.1) is 0 Å². The Morgan fingerprint density at radius 1 is 1.13 bits per heavy atom. The third kappa shape index (κ3) is 4.28. The van der Waals surface area contributed by atoms with Crippen LogP contribution in [0.5, 0.6) is 23.0 Å². The molecule has 0 bridgehead atoms. The number of amides is 1. The van der Waals surface area contributed by atoms with Crippen LogP contribution in [0.25, 0.3) is 0 Å². The Morgan fingerprint density at radius 2 is 1.94 bits per heavy atom. The van der Waals surface area contributed by atoms with Gasteiger partial charge in [-0.25, -0.2) is 0 Å². The Bertz CT molecular complexity index is 959. The maximum Gasteiger partial charge on any atom is 0.237 e. The van der Waals surface area contributed by atoms with Crippen molar-refractivity contribution in [1.82, 2.24) is 10.2 Å². The van der Waals surface area contributed by atoms with E-state index in [0.717, 1.165) is 53.5 Å². The Morgan fingerprint density at radius 3 is 2.71 bits per heavy atom. The van der Waals surface area contributed by atoms with Gasteiger partial charge in [0.25, 0.3) is 0 Å². The van der Waals surface area contributed by atoms with Gasteiger partial charge in [-0.1, -0.05) is 6.07 Å². The number of nitrogens with one attached hydrogen (secondary N) is 1. The van der Waals surface area contributed by atoms with Crippen LogP contribution in [0.2, 0.25) is 0 Å². The molecule has 0 radical (unpaired) electrons. The summed E-state index contributed by atoms with van der Waals surface area (Å²) < 4.78 is 21.9. The van der Waals surface area contributed by atoms with E-state index in [9.17, 15) is 4.79 Å². The van der Waals surface area contributed by atoms with Gasteiger partial charge in [0, 0.05) is 17.6 Å². The molecule has 166 valence electrons. The van der Waals surface area contributed by atoms with Crippen LogP contribution in [0.1, 0.15) is 43.9 Å². The maximum absolute atomic E-state index is 13.2. The number of hydrogen-bond acceptors (Lipinski definition) is 6. The van der Waals surface area contributed by atoms with E-state index in [1.165, 1.54) is 0 Å². The second kappa shape index (κ2) is 8.67. The van der Waals surface area contributed by atoms with Gasteiger partial charge >= 0.3 is 0 Å². The first-order chi connectivity index (χ1) is 14.9. The lowest BCUT2D eigenvalue weighted by atomic mass is 9.94. The van der Waals surface area contributed by atoms with E-state index < -0.39 is 5.54 Å². The van der Waals surface area contributed by atoms with Crippen molar-refractivity contribution < 1.29 is 23.7 Å². The number of carbonyl (C=O) groups is 1. The Kier molecular flexibility index (Phi) is 5.96. The van der Waals surface area contributed by atoms with Crippen LogP contribution in [0.4, 0.5) is 0 Å².